The molecule has 1 atom stereocenters. The molecule has 4 heteroatoms. The monoisotopic (exact) mass is 386 g/mol. The second kappa shape index (κ2) is 5.47. The lowest BCUT2D eigenvalue weighted by molar-refractivity contribution is -0.116. The van der Waals surface area contributed by atoms with Gasteiger partial charge >= 0.3 is 0 Å². The maximum Gasteiger partial charge on any atom is 0.143 e. The molecule has 1 rings (SSSR count). The van der Waals surface area contributed by atoms with Crippen LogP contribution in [0.2, 0.25) is 5.02 Å². The lowest BCUT2D eigenvalue weighted by Crippen LogP contribution is -2.13. The summed E-state index contributed by atoms with van der Waals surface area (Å²) in [6.07, 6.45) is 0.713. The number of hydrogen-bond donors (Lipinski definition) is 0. The van der Waals surface area contributed by atoms with Crippen LogP contribution < -0.4 is 0 Å². The van der Waals surface area contributed by atoms with Crippen molar-refractivity contribution in [1.29, 1.82) is 0 Å². The summed E-state index contributed by atoms with van der Waals surface area (Å²) < 4.78 is 1.10. The van der Waals surface area contributed by atoms with Crippen molar-refractivity contribution in [3.63, 3.8) is 0 Å². The van der Waals surface area contributed by atoms with Crippen LogP contribution in [0.4, 0.5) is 0 Å². The average Bonchev–Trinajstić information content (AvgIpc) is 2.09. The fourth-order valence-corrected chi connectivity index (χ4v) is 2.46. The number of hydrogen-bond acceptors (Lipinski definition) is 1. The summed E-state index contributed by atoms with van der Waals surface area (Å²) in [6.45, 7) is 1.59. The summed E-state index contributed by atoms with van der Waals surface area (Å²) in [5, 5.41) is 0.729. The molecule has 0 radical (unpaired) electrons. The molecule has 0 aromatic heterocycles. The summed E-state index contributed by atoms with van der Waals surface area (Å²) in [4.78, 5) is 11.0. The molecule has 1 nitrogen and oxygen atoms in total. The summed E-state index contributed by atoms with van der Waals surface area (Å²) in [5.41, 5.74) is 1.15. The molecule has 0 aliphatic carbocycles. The molecule has 76 valence electrons. The van der Waals surface area contributed by atoms with Crippen LogP contribution in [0.1, 0.15) is 12.5 Å². The zero-order valence-electron chi connectivity index (χ0n) is 7.56. The topological polar surface area (TPSA) is 17.1 Å². The van der Waals surface area contributed by atoms with Gasteiger partial charge in [0.1, 0.15) is 5.78 Å². The van der Waals surface area contributed by atoms with Crippen molar-refractivity contribution in [1.82, 2.24) is 0 Å². The van der Waals surface area contributed by atoms with Gasteiger partial charge in [-0.1, -0.05) is 33.6 Å². The van der Waals surface area contributed by atoms with Crippen LogP contribution in [0.5, 0.6) is 0 Å². The van der Waals surface area contributed by atoms with Crippen molar-refractivity contribution in [2.45, 2.75) is 18.2 Å². The molecule has 1 unspecified atom stereocenters. The molecule has 0 aliphatic rings. The summed E-state index contributed by atoms with van der Waals surface area (Å²) in [7, 11) is 0. The Kier molecular flexibility index (Phi) is 4.87. The Morgan fingerprint density at radius 1 is 1.64 bits per heavy atom. The molecule has 0 aliphatic heterocycles. The fourth-order valence-electron chi connectivity index (χ4n) is 1.02. The quantitative estimate of drug-likeness (QED) is 0.569. The minimum atomic E-state index is -0.0998. The average molecular weight is 387 g/mol. The number of alkyl halides is 1. The Hall–Kier alpha value is 0.390. The first-order valence-corrected chi connectivity index (χ1v) is 6.46. The molecule has 0 N–H and O–H groups in total. The molecule has 0 amide bonds. The van der Waals surface area contributed by atoms with Crippen molar-refractivity contribution in [2.24, 2.45) is 0 Å². The second-order valence-corrected chi connectivity index (χ2v) is 5.72. The van der Waals surface area contributed by atoms with Crippen LogP contribution in [0.25, 0.3) is 0 Å². The van der Waals surface area contributed by atoms with Gasteiger partial charge < -0.3 is 0 Å². The highest BCUT2D eigenvalue weighted by Gasteiger charge is 2.12. The van der Waals surface area contributed by atoms with Crippen LogP contribution in [0.15, 0.2) is 18.2 Å². The van der Waals surface area contributed by atoms with Crippen LogP contribution in [0, 0.1) is 3.57 Å². The van der Waals surface area contributed by atoms with Gasteiger partial charge in [0.15, 0.2) is 0 Å². The van der Waals surface area contributed by atoms with Gasteiger partial charge in [0.25, 0.3) is 0 Å². The molecule has 0 spiro atoms. The van der Waals surface area contributed by atoms with Gasteiger partial charge in [-0.2, -0.15) is 0 Å². The van der Waals surface area contributed by atoms with Crippen LogP contribution >= 0.6 is 50.1 Å². The highest BCUT2D eigenvalue weighted by atomic mass is 127. The van der Waals surface area contributed by atoms with E-state index < -0.39 is 0 Å². The molecular weight excluding hydrogens is 378 g/mol. The maximum absolute atomic E-state index is 11.1. The summed E-state index contributed by atoms with van der Waals surface area (Å²) in [5.74, 6) is 0.149. The minimum absolute atomic E-state index is 0.0998. The summed E-state index contributed by atoms with van der Waals surface area (Å²) in [6, 6.07) is 5.71. The first-order valence-electron chi connectivity index (χ1n) is 4.09. The van der Waals surface area contributed by atoms with E-state index >= 15 is 0 Å². The van der Waals surface area contributed by atoms with Crippen molar-refractivity contribution in [2.75, 3.05) is 0 Å². The largest absolute Gasteiger partial charge is 0.299 e. The van der Waals surface area contributed by atoms with Gasteiger partial charge in [-0.25, -0.2) is 0 Å². The van der Waals surface area contributed by atoms with E-state index in [9.17, 15) is 4.79 Å². The fraction of sp³-hybridized carbons (Fsp3) is 0.300. The van der Waals surface area contributed by atoms with E-state index in [4.69, 9.17) is 11.6 Å². The van der Waals surface area contributed by atoms with E-state index in [-0.39, 0.29) is 10.6 Å². The number of Topliss-reactive ketones (excluding diaryl/α,β-unsaturated/α-hetero) is 1. The Morgan fingerprint density at radius 2 is 2.29 bits per heavy atom. The van der Waals surface area contributed by atoms with E-state index in [1.54, 1.807) is 6.92 Å². The Balaban J connectivity index is 2.82. The normalized spacial score (nSPS) is 12.6. The first kappa shape index (κ1) is 12.5. The van der Waals surface area contributed by atoms with Gasteiger partial charge in [-0.3, -0.25) is 4.79 Å². The van der Waals surface area contributed by atoms with Crippen LogP contribution in [0.3, 0.4) is 0 Å². The van der Waals surface area contributed by atoms with Crippen LogP contribution in [-0.4, -0.2) is 10.6 Å². The third-order valence-corrected chi connectivity index (χ3v) is 4.06. The molecule has 0 heterocycles. The molecule has 0 saturated carbocycles. The number of halogens is 3. The van der Waals surface area contributed by atoms with E-state index in [0.29, 0.717) is 6.42 Å². The zero-order chi connectivity index (χ0) is 10.7. The number of carbonyl (C=O) groups excluding carboxylic acids is 1. The van der Waals surface area contributed by atoms with Gasteiger partial charge in [0, 0.05) is 8.59 Å². The van der Waals surface area contributed by atoms with E-state index in [1.807, 2.05) is 18.2 Å². The standard InChI is InChI=1S/C10H9BrClIO/c1-6(14)9(11)4-7-2-3-8(12)5-10(7)13/h2-3,5,9H,4H2,1H3. The lowest BCUT2D eigenvalue weighted by Gasteiger charge is -2.08. The molecule has 0 saturated heterocycles. The van der Waals surface area contributed by atoms with Crippen molar-refractivity contribution in [3.05, 3.63) is 32.4 Å². The predicted molar refractivity (Wildman–Crippen MR) is 71.3 cm³/mol. The SMILES string of the molecule is CC(=O)C(Br)Cc1ccc(Cl)cc1I. The number of benzene rings is 1. The second-order valence-electron chi connectivity index (χ2n) is 3.02. The molecule has 1 aromatic carbocycles. The number of ketones is 1. The lowest BCUT2D eigenvalue weighted by atomic mass is 10.1. The highest BCUT2D eigenvalue weighted by Crippen LogP contribution is 2.21. The van der Waals surface area contributed by atoms with Crippen molar-refractivity contribution >= 4 is 55.9 Å². The summed E-state index contributed by atoms with van der Waals surface area (Å²) >= 11 is 11.4. The molecule has 14 heavy (non-hydrogen) atoms. The van der Waals surface area contributed by atoms with Crippen molar-refractivity contribution < 1.29 is 4.79 Å². The third-order valence-electron chi connectivity index (χ3n) is 1.86. The Morgan fingerprint density at radius 3 is 2.79 bits per heavy atom. The van der Waals surface area contributed by atoms with Gasteiger partial charge in [-0.15, -0.1) is 0 Å². The van der Waals surface area contributed by atoms with Gasteiger partial charge in [0.2, 0.25) is 0 Å². The smallest absolute Gasteiger partial charge is 0.143 e. The Labute approximate surface area is 110 Å². The molecule has 1 aromatic rings. The maximum atomic E-state index is 11.1. The predicted octanol–water partition coefficient (Wildman–Crippen LogP) is 3.84. The molecule has 0 bridgehead atoms. The number of carbonyl (C=O) groups is 1. The van der Waals surface area contributed by atoms with E-state index in [2.05, 4.69) is 38.5 Å². The zero-order valence-corrected chi connectivity index (χ0v) is 12.1. The Bertz CT molecular complexity index is 354. The third kappa shape index (κ3) is 3.51. The number of rotatable bonds is 3. The minimum Gasteiger partial charge on any atom is -0.299 e. The molecular formula is C10H9BrClIO. The van der Waals surface area contributed by atoms with Crippen LogP contribution in [-0.2, 0) is 11.2 Å². The highest BCUT2D eigenvalue weighted by molar-refractivity contribution is 14.1. The van der Waals surface area contributed by atoms with E-state index in [0.717, 1.165) is 14.2 Å². The van der Waals surface area contributed by atoms with E-state index in [1.165, 1.54) is 0 Å². The van der Waals surface area contributed by atoms with Gasteiger partial charge in [-0.05, 0) is 53.6 Å². The van der Waals surface area contributed by atoms with Gasteiger partial charge in [0.05, 0.1) is 4.83 Å². The molecule has 0 fully saturated rings. The van der Waals surface area contributed by atoms with Crippen molar-refractivity contribution in [3.8, 4) is 0 Å². The first-order chi connectivity index (χ1) is 6.50.